The Labute approximate surface area is 262 Å². The Hall–Kier alpha value is -0.360. The Balaban J connectivity index is 1.10. The summed E-state index contributed by atoms with van der Waals surface area (Å²) in [5, 5.41) is 54.2. The molecule has 0 radical (unpaired) electrons. The Morgan fingerprint density at radius 3 is 2.23 bits per heavy atom. The molecule has 0 aromatic rings. The van der Waals surface area contributed by atoms with Crippen molar-refractivity contribution in [1.82, 2.24) is 0 Å². The van der Waals surface area contributed by atoms with Gasteiger partial charge in [-0.05, 0) is 104 Å². The normalized spacial score (nSPS) is 62.2. The molecule has 2 bridgehead atoms. The van der Waals surface area contributed by atoms with Crippen molar-refractivity contribution in [3.63, 3.8) is 0 Å². The summed E-state index contributed by atoms with van der Waals surface area (Å²) in [5.74, 6) is 0.319. The van der Waals surface area contributed by atoms with Crippen LogP contribution in [0.1, 0.15) is 99.8 Å². The van der Waals surface area contributed by atoms with Crippen molar-refractivity contribution in [2.75, 3.05) is 6.61 Å². The standard InChI is InChI=1S/C35H56O9/c1-17-12-20-27(30(4,5)40)44-35(43-20)15-32(7)26-18(36)13-21-29(2,3)22(42-28-24(39)23(38)19(37)14-41-28)8-9-33(21)16-34(26,33)11-10-31(32,6)25(17)35/h17-28,36-40H,8-16H2,1-7H3/t17-,18-,19+,20-,21-,22-,23+,24+,25+,26+,27+,28+,31-,32+,33+,34-,35-/m1/s1. The molecule has 3 saturated heterocycles. The van der Waals surface area contributed by atoms with Crippen molar-refractivity contribution in [2.24, 2.45) is 50.7 Å². The highest BCUT2D eigenvalue weighted by atomic mass is 16.8. The highest BCUT2D eigenvalue weighted by Crippen LogP contribution is 2.90. The van der Waals surface area contributed by atoms with E-state index >= 15 is 0 Å². The van der Waals surface area contributed by atoms with Gasteiger partial charge in [-0.25, -0.2) is 0 Å². The van der Waals surface area contributed by atoms with Gasteiger partial charge in [0.15, 0.2) is 12.1 Å². The lowest BCUT2D eigenvalue weighted by Crippen LogP contribution is -2.63. The van der Waals surface area contributed by atoms with Gasteiger partial charge in [0.05, 0.1) is 30.5 Å². The summed E-state index contributed by atoms with van der Waals surface area (Å²) in [6, 6.07) is 0. The summed E-state index contributed by atoms with van der Waals surface area (Å²) < 4.78 is 25.9. The van der Waals surface area contributed by atoms with Crippen LogP contribution in [0.25, 0.3) is 0 Å². The maximum Gasteiger partial charge on any atom is 0.186 e. The Morgan fingerprint density at radius 1 is 0.795 bits per heavy atom. The number of hydrogen-bond donors (Lipinski definition) is 5. The van der Waals surface area contributed by atoms with Crippen LogP contribution in [0.4, 0.5) is 0 Å². The second-order valence-electron chi connectivity index (χ2n) is 18.4. The third-order valence-electron chi connectivity index (χ3n) is 15.7. The van der Waals surface area contributed by atoms with Crippen LogP contribution in [0.5, 0.6) is 0 Å². The van der Waals surface area contributed by atoms with E-state index in [4.69, 9.17) is 18.9 Å². The lowest BCUT2D eigenvalue weighted by atomic mass is 9.41. The lowest BCUT2D eigenvalue weighted by molar-refractivity contribution is -0.304. The number of aliphatic hydroxyl groups is 5. The van der Waals surface area contributed by atoms with E-state index in [0.29, 0.717) is 12.3 Å². The first-order chi connectivity index (χ1) is 20.4. The van der Waals surface area contributed by atoms with Crippen LogP contribution in [0, 0.1) is 50.7 Å². The Kier molecular flexibility index (Phi) is 6.33. The van der Waals surface area contributed by atoms with Crippen molar-refractivity contribution >= 4 is 0 Å². The van der Waals surface area contributed by atoms with Crippen LogP contribution in [-0.2, 0) is 18.9 Å². The monoisotopic (exact) mass is 620 g/mol. The molecule has 3 aliphatic heterocycles. The van der Waals surface area contributed by atoms with Gasteiger partial charge in [0.2, 0.25) is 0 Å². The molecular formula is C35H56O9. The number of ether oxygens (including phenoxy) is 4. The van der Waals surface area contributed by atoms with E-state index < -0.39 is 42.1 Å². The molecule has 17 atom stereocenters. The van der Waals surface area contributed by atoms with E-state index in [1.807, 2.05) is 13.8 Å². The Bertz CT molecular complexity index is 1200. The average Bonchev–Trinajstić information content (AvgIpc) is 3.38. The minimum Gasteiger partial charge on any atom is -0.393 e. The Morgan fingerprint density at radius 2 is 1.52 bits per heavy atom. The molecule has 5 N–H and O–H groups in total. The molecule has 0 amide bonds. The first-order valence-corrected chi connectivity index (χ1v) is 17.4. The van der Waals surface area contributed by atoms with E-state index in [9.17, 15) is 25.5 Å². The second kappa shape index (κ2) is 9.00. The maximum atomic E-state index is 12.4. The summed E-state index contributed by atoms with van der Waals surface area (Å²) in [6.07, 6.45) is 1.70. The second-order valence-corrected chi connectivity index (χ2v) is 18.4. The minimum absolute atomic E-state index is 0.0465. The van der Waals surface area contributed by atoms with E-state index in [1.54, 1.807) is 0 Å². The fraction of sp³-hybridized carbons (Fsp3) is 1.00. The zero-order valence-corrected chi connectivity index (χ0v) is 27.7. The molecule has 250 valence electrons. The highest BCUT2D eigenvalue weighted by Gasteiger charge is 2.87. The van der Waals surface area contributed by atoms with Crippen molar-refractivity contribution in [3.05, 3.63) is 0 Å². The maximum absolute atomic E-state index is 12.4. The molecule has 9 nitrogen and oxygen atoms in total. The number of aliphatic hydroxyl groups excluding tert-OH is 4. The molecule has 9 heteroatoms. The first kappa shape index (κ1) is 30.9. The molecule has 44 heavy (non-hydrogen) atoms. The lowest BCUT2D eigenvalue weighted by Gasteiger charge is -2.64. The molecule has 0 aromatic carbocycles. The third kappa shape index (κ3) is 3.53. The van der Waals surface area contributed by atoms with Crippen molar-refractivity contribution in [3.8, 4) is 0 Å². The van der Waals surface area contributed by atoms with Gasteiger partial charge in [-0.15, -0.1) is 0 Å². The molecule has 0 aromatic heterocycles. The van der Waals surface area contributed by atoms with E-state index in [0.717, 1.165) is 44.9 Å². The van der Waals surface area contributed by atoms with Gasteiger partial charge in [-0.3, -0.25) is 0 Å². The number of rotatable bonds is 3. The van der Waals surface area contributed by atoms with Crippen molar-refractivity contribution in [1.29, 1.82) is 0 Å². The molecule has 3 heterocycles. The molecule has 5 saturated carbocycles. The third-order valence-corrected chi connectivity index (χ3v) is 15.7. The highest BCUT2D eigenvalue weighted by molar-refractivity contribution is 5.34. The van der Waals surface area contributed by atoms with Gasteiger partial charge >= 0.3 is 0 Å². The van der Waals surface area contributed by atoms with Crippen LogP contribution in [0.3, 0.4) is 0 Å². The number of hydrogen-bond acceptors (Lipinski definition) is 9. The zero-order valence-electron chi connectivity index (χ0n) is 27.7. The van der Waals surface area contributed by atoms with Gasteiger partial charge in [0.1, 0.15) is 24.4 Å². The van der Waals surface area contributed by atoms with Crippen molar-refractivity contribution in [2.45, 2.75) is 160 Å². The summed E-state index contributed by atoms with van der Waals surface area (Å²) in [5.41, 5.74) is -1.28. The smallest absolute Gasteiger partial charge is 0.186 e. The molecule has 8 aliphatic rings. The van der Waals surface area contributed by atoms with Crippen LogP contribution in [0.15, 0.2) is 0 Å². The molecule has 8 rings (SSSR count). The van der Waals surface area contributed by atoms with Crippen molar-refractivity contribution < 1.29 is 44.5 Å². The van der Waals surface area contributed by atoms with Gasteiger partial charge in [0.25, 0.3) is 0 Å². The summed E-state index contributed by atoms with van der Waals surface area (Å²) in [6.45, 7) is 15.4. The topological polar surface area (TPSA) is 138 Å². The van der Waals surface area contributed by atoms with Crippen LogP contribution in [0.2, 0.25) is 0 Å². The summed E-state index contributed by atoms with van der Waals surface area (Å²) in [7, 11) is 0. The SMILES string of the molecule is C[C@@H]1C[C@H]2O[C@]3(C[C@@]4(C)[C@@H]5[C@H](O)C[C@@H]6C(C)(C)[C@H](O[C@@H]7OC[C@H](O)[C@H](O)[C@@H]7O)CC[C@]67C[C@]57CC[C@]4(C)[C@H]13)O[C@@H]2C(C)(C)O. The molecule has 0 unspecified atom stereocenters. The van der Waals surface area contributed by atoms with E-state index in [1.165, 1.54) is 0 Å². The van der Waals surface area contributed by atoms with Crippen LogP contribution in [-0.4, -0.2) is 92.5 Å². The average molecular weight is 621 g/mol. The van der Waals surface area contributed by atoms with Gasteiger partial charge in [-0.2, -0.15) is 0 Å². The molecular weight excluding hydrogens is 564 g/mol. The zero-order chi connectivity index (χ0) is 31.6. The quantitative estimate of drug-likeness (QED) is 0.301. The minimum atomic E-state index is -1.31. The molecule has 5 aliphatic carbocycles. The number of fused-ring (bicyclic) bond motifs is 4. The van der Waals surface area contributed by atoms with E-state index in [-0.39, 0.29) is 69.7 Å². The predicted octanol–water partition coefficient (Wildman–Crippen LogP) is 3.12. The predicted molar refractivity (Wildman–Crippen MR) is 159 cm³/mol. The summed E-state index contributed by atoms with van der Waals surface area (Å²) in [4.78, 5) is 0. The largest absolute Gasteiger partial charge is 0.393 e. The fourth-order valence-corrected chi connectivity index (χ4v) is 14.0. The van der Waals surface area contributed by atoms with E-state index in [2.05, 4.69) is 34.6 Å². The fourth-order valence-electron chi connectivity index (χ4n) is 14.0. The molecule has 8 fully saturated rings. The van der Waals surface area contributed by atoms with Gasteiger partial charge < -0.3 is 44.5 Å². The molecule has 3 spiro atoms. The van der Waals surface area contributed by atoms with Gasteiger partial charge in [-0.1, -0.05) is 34.6 Å². The first-order valence-electron chi connectivity index (χ1n) is 17.4. The van der Waals surface area contributed by atoms with Crippen LogP contribution >= 0.6 is 0 Å². The van der Waals surface area contributed by atoms with Gasteiger partial charge in [0, 0.05) is 12.3 Å². The van der Waals surface area contributed by atoms with Crippen LogP contribution < -0.4 is 0 Å². The summed E-state index contributed by atoms with van der Waals surface area (Å²) >= 11 is 0.